The van der Waals surface area contributed by atoms with Crippen LogP contribution in [0.4, 0.5) is 15.9 Å². The van der Waals surface area contributed by atoms with Crippen LogP contribution in [-0.2, 0) is 0 Å². The zero-order valence-corrected chi connectivity index (χ0v) is 14.6. The van der Waals surface area contributed by atoms with Gasteiger partial charge < -0.3 is 11.1 Å². The molecule has 0 saturated carbocycles. The van der Waals surface area contributed by atoms with E-state index in [-0.39, 0.29) is 10.6 Å². The largest absolute Gasteiger partial charge is 0.399 e. The zero-order valence-electron chi connectivity index (χ0n) is 13.9. The van der Waals surface area contributed by atoms with Crippen LogP contribution >= 0.6 is 11.6 Å². The number of nitrogens with one attached hydrogen (secondary N) is 1. The van der Waals surface area contributed by atoms with Crippen molar-refractivity contribution in [2.75, 3.05) is 11.1 Å². The van der Waals surface area contributed by atoms with Crippen LogP contribution in [0.25, 0.3) is 16.9 Å². The van der Waals surface area contributed by atoms with Crippen LogP contribution in [0.1, 0.15) is 10.4 Å². The fraction of sp³-hybridized carbons (Fsp3) is 0. The summed E-state index contributed by atoms with van der Waals surface area (Å²) in [5.41, 5.74) is 8.77. The minimum atomic E-state index is -0.583. The van der Waals surface area contributed by atoms with Crippen molar-refractivity contribution in [3.63, 3.8) is 0 Å². The molecular formula is C19H13ClFN5O. The molecule has 4 rings (SSSR count). The first-order valence-electron chi connectivity index (χ1n) is 7.97. The predicted molar refractivity (Wildman–Crippen MR) is 102 cm³/mol. The van der Waals surface area contributed by atoms with Gasteiger partial charge >= 0.3 is 0 Å². The highest BCUT2D eigenvalue weighted by Crippen LogP contribution is 2.22. The van der Waals surface area contributed by atoms with E-state index in [0.29, 0.717) is 22.8 Å². The summed E-state index contributed by atoms with van der Waals surface area (Å²) in [7, 11) is 0. The van der Waals surface area contributed by atoms with E-state index in [9.17, 15) is 9.18 Å². The fourth-order valence-corrected chi connectivity index (χ4v) is 2.84. The van der Waals surface area contributed by atoms with Crippen molar-refractivity contribution in [3.05, 3.63) is 77.5 Å². The van der Waals surface area contributed by atoms with E-state index in [1.54, 1.807) is 22.9 Å². The number of hydrogen-bond acceptors (Lipinski definition) is 4. The number of amides is 1. The fourth-order valence-electron chi connectivity index (χ4n) is 2.65. The molecule has 0 fully saturated rings. The number of nitrogen functional groups attached to an aromatic ring is 1. The molecule has 8 heteroatoms. The Morgan fingerprint density at radius 1 is 1.15 bits per heavy atom. The SMILES string of the molecule is Nc1cccc(-c2cn3c(NC(=O)c4ccc(F)c(Cl)c4)cnc3cn2)c1. The normalized spacial score (nSPS) is 10.9. The smallest absolute Gasteiger partial charge is 0.256 e. The van der Waals surface area contributed by atoms with Crippen molar-refractivity contribution in [1.82, 2.24) is 14.4 Å². The van der Waals surface area contributed by atoms with Gasteiger partial charge in [0.1, 0.15) is 11.6 Å². The Bertz CT molecular complexity index is 1170. The van der Waals surface area contributed by atoms with Crippen LogP contribution in [0.2, 0.25) is 5.02 Å². The summed E-state index contributed by atoms with van der Waals surface area (Å²) >= 11 is 5.75. The predicted octanol–water partition coefficient (Wildman–Crippen LogP) is 4.02. The van der Waals surface area contributed by atoms with Gasteiger partial charge in [0, 0.05) is 23.0 Å². The third-order valence-electron chi connectivity index (χ3n) is 4.00. The highest BCUT2D eigenvalue weighted by Gasteiger charge is 2.13. The number of halogens is 2. The van der Waals surface area contributed by atoms with Crippen molar-refractivity contribution >= 4 is 34.7 Å². The molecule has 4 aromatic rings. The van der Waals surface area contributed by atoms with Crippen molar-refractivity contribution in [2.45, 2.75) is 0 Å². The van der Waals surface area contributed by atoms with Crippen LogP contribution in [0, 0.1) is 5.82 Å². The number of nitrogens with two attached hydrogens (primary N) is 1. The van der Waals surface area contributed by atoms with Crippen LogP contribution in [-0.4, -0.2) is 20.3 Å². The highest BCUT2D eigenvalue weighted by atomic mass is 35.5. The van der Waals surface area contributed by atoms with Gasteiger partial charge in [-0.25, -0.2) is 9.37 Å². The summed E-state index contributed by atoms with van der Waals surface area (Å²) < 4.78 is 15.0. The van der Waals surface area contributed by atoms with Gasteiger partial charge in [-0.05, 0) is 30.3 Å². The molecule has 2 aromatic carbocycles. The monoisotopic (exact) mass is 381 g/mol. The third kappa shape index (κ3) is 3.32. The van der Waals surface area contributed by atoms with Crippen LogP contribution in [0.3, 0.4) is 0 Å². The van der Waals surface area contributed by atoms with Gasteiger partial charge in [-0.3, -0.25) is 14.2 Å². The molecule has 27 heavy (non-hydrogen) atoms. The number of carbonyl (C=O) groups excluding carboxylic acids is 1. The number of carbonyl (C=O) groups is 1. The average Bonchev–Trinajstić information content (AvgIpc) is 3.06. The zero-order chi connectivity index (χ0) is 19.0. The summed E-state index contributed by atoms with van der Waals surface area (Å²) in [6.07, 6.45) is 4.87. The van der Waals surface area contributed by atoms with Gasteiger partial charge in [-0.2, -0.15) is 0 Å². The number of rotatable bonds is 3. The number of imidazole rings is 1. The van der Waals surface area contributed by atoms with Crippen LogP contribution in [0.15, 0.2) is 61.1 Å². The van der Waals surface area contributed by atoms with E-state index < -0.39 is 11.7 Å². The first-order valence-corrected chi connectivity index (χ1v) is 8.34. The minimum Gasteiger partial charge on any atom is -0.399 e. The van der Waals surface area contributed by atoms with Gasteiger partial charge in [0.2, 0.25) is 0 Å². The lowest BCUT2D eigenvalue weighted by atomic mass is 10.1. The summed E-state index contributed by atoms with van der Waals surface area (Å²) in [5, 5.41) is 2.63. The molecule has 2 aromatic heterocycles. The van der Waals surface area contributed by atoms with Crippen molar-refractivity contribution < 1.29 is 9.18 Å². The van der Waals surface area contributed by atoms with Gasteiger partial charge in [0.05, 0.1) is 23.1 Å². The Balaban J connectivity index is 1.68. The molecule has 1 amide bonds. The number of benzene rings is 2. The second-order valence-electron chi connectivity index (χ2n) is 5.85. The number of fused-ring (bicyclic) bond motifs is 1. The van der Waals surface area contributed by atoms with Gasteiger partial charge in [0.25, 0.3) is 5.91 Å². The Morgan fingerprint density at radius 2 is 2.00 bits per heavy atom. The Kier molecular flexibility index (Phi) is 4.21. The molecule has 2 heterocycles. The number of hydrogen-bond donors (Lipinski definition) is 2. The Labute approximate surface area is 158 Å². The molecule has 0 aliphatic carbocycles. The maximum Gasteiger partial charge on any atom is 0.256 e. The number of nitrogens with zero attached hydrogens (tertiary/aromatic N) is 3. The average molecular weight is 382 g/mol. The van der Waals surface area contributed by atoms with Crippen LogP contribution in [0.5, 0.6) is 0 Å². The molecule has 0 atom stereocenters. The molecule has 0 radical (unpaired) electrons. The van der Waals surface area contributed by atoms with Gasteiger partial charge in [-0.15, -0.1) is 0 Å². The topological polar surface area (TPSA) is 85.3 Å². The standard InChI is InChI=1S/C19H13ClFN5O/c20-14-7-12(4-5-15(14)21)19(27)25-18-9-24-17-8-23-16(10-26(17)18)11-2-1-3-13(22)6-11/h1-10H,22H2,(H,25,27). The first kappa shape index (κ1) is 17.0. The number of aromatic nitrogens is 3. The Morgan fingerprint density at radius 3 is 2.78 bits per heavy atom. The van der Waals surface area contributed by atoms with Crippen LogP contribution < -0.4 is 11.1 Å². The van der Waals surface area contributed by atoms with Gasteiger partial charge in [-0.1, -0.05) is 23.7 Å². The molecule has 0 unspecified atom stereocenters. The minimum absolute atomic E-state index is 0.117. The van der Waals surface area contributed by atoms with E-state index in [2.05, 4.69) is 15.3 Å². The Hall–Kier alpha value is -3.45. The first-order chi connectivity index (χ1) is 13.0. The second kappa shape index (κ2) is 6.69. The second-order valence-corrected chi connectivity index (χ2v) is 6.26. The summed E-state index contributed by atoms with van der Waals surface area (Å²) in [5.74, 6) is -0.565. The van der Waals surface area contributed by atoms with Crippen molar-refractivity contribution in [2.24, 2.45) is 0 Å². The molecule has 0 aliphatic rings. The summed E-state index contributed by atoms with van der Waals surface area (Å²) in [6, 6.07) is 11.1. The molecule has 0 aliphatic heterocycles. The van der Waals surface area contributed by atoms with Crippen molar-refractivity contribution in [1.29, 1.82) is 0 Å². The van der Waals surface area contributed by atoms with E-state index in [1.165, 1.54) is 18.3 Å². The lowest BCUT2D eigenvalue weighted by Crippen LogP contribution is -2.13. The molecule has 0 bridgehead atoms. The number of anilines is 2. The maximum absolute atomic E-state index is 13.3. The summed E-state index contributed by atoms with van der Waals surface area (Å²) in [4.78, 5) is 21.1. The molecule has 0 saturated heterocycles. The maximum atomic E-state index is 13.3. The van der Waals surface area contributed by atoms with E-state index >= 15 is 0 Å². The molecule has 134 valence electrons. The van der Waals surface area contributed by atoms with E-state index in [0.717, 1.165) is 11.6 Å². The third-order valence-corrected chi connectivity index (χ3v) is 4.29. The summed E-state index contributed by atoms with van der Waals surface area (Å²) in [6.45, 7) is 0. The molecule has 6 nitrogen and oxygen atoms in total. The molecule has 3 N–H and O–H groups in total. The van der Waals surface area contributed by atoms with E-state index in [1.807, 2.05) is 18.2 Å². The molecule has 0 spiro atoms. The highest BCUT2D eigenvalue weighted by molar-refractivity contribution is 6.31. The molecular weight excluding hydrogens is 369 g/mol. The quantitative estimate of drug-likeness (QED) is 0.525. The van der Waals surface area contributed by atoms with E-state index in [4.69, 9.17) is 17.3 Å². The van der Waals surface area contributed by atoms with Gasteiger partial charge in [0.15, 0.2) is 5.65 Å². The van der Waals surface area contributed by atoms with Crippen molar-refractivity contribution in [3.8, 4) is 11.3 Å². The lowest BCUT2D eigenvalue weighted by molar-refractivity contribution is 0.102. The lowest BCUT2D eigenvalue weighted by Gasteiger charge is -2.07.